The summed E-state index contributed by atoms with van der Waals surface area (Å²) in [7, 11) is 3.93. The Morgan fingerprint density at radius 1 is 1.24 bits per heavy atom. The molecule has 0 spiro atoms. The number of rotatable bonds is 5. The molecule has 2 atom stereocenters. The maximum Gasteiger partial charge on any atom is 0.257 e. The molecule has 4 aromatic rings. The van der Waals surface area contributed by atoms with Crippen molar-refractivity contribution in [2.45, 2.75) is 31.0 Å². The smallest absolute Gasteiger partial charge is 0.257 e. The van der Waals surface area contributed by atoms with Gasteiger partial charge in [-0.25, -0.2) is 9.97 Å². The molecule has 3 N–H and O–H groups in total. The third kappa shape index (κ3) is 3.17. The number of anilines is 1. The summed E-state index contributed by atoms with van der Waals surface area (Å²) in [4.78, 5) is 24.7. The number of nitrogens with one attached hydrogen (secondary N) is 2. The number of carbonyl (C=O) groups excluding carboxylic acids is 1. The zero-order chi connectivity index (χ0) is 22.7. The van der Waals surface area contributed by atoms with Crippen molar-refractivity contribution in [1.82, 2.24) is 34.4 Å². The predicted molar refractivity (Wildman–Crippen MR) is 124 cm³/mol. The lowest BCUT2D eigenvalue weighted by molar-refractivity contribution is 0.0448. The summed E-state index contributed by atoms with van der Waals surface area (Å²) in [6.45, 7) is 1.96. The number of aliphatic hydroxyl groups is 1. The van der Waals surface area contributed by atoms with Crippen LogP contribution < -0.4 is 10.6 Å². The van der Waals surface area contributed by atoms with Gasteiger partial charge in [0.15, 0.2) is 5.65 Å². The van der Waals surface area contributed by atoms with E-state index in [0.717, 1.165) is 47.6 Å². The number of likely N-dealkylation sites (tertiary alicyclic amines) is 1. The van der Waals surface area contributed by atoms with Gasteiger partial charge in [0.2, 0.25) is 0 Å². The average molecular weight is 447 g/mol. The predicted octanol–water partition coefficient (Wildman–Crippen LogP) is 1.53. The molecular formula is C23H26N8O2. The average Bonchev–Trinajstić information content (AvgIpc) is 3.40. The zero-order valence-electron chi connectivity index (χ0n) is 18.6. The van der Waals surface area contributed by atoms with Crippen molar-refractivity contribution >= 4 is 28.4 Å². The number of aliphatic hydroxyl groups excluding tert-OH is 1. The van der Waals surface area contributed by atoms with E-state index in [9.17, 15) is 9.90 Å². The van der Waals surface area contributed by atoms with E-state index in [2.05, 4.69) is 49.5 Å². The van der Waals surface area contributed by atoms with Crippen molar-refractivity contribution in [2.75, 3.05) is 32.5 Å². The normalized spacial score (nSPS) is 21.2. The van der Waals surface area contributed by atoms with Crippen molar-refractivity contribution in [3.8, 4) is 11.3 Å². The molecule has 5 heterocycles. The molecule has 2 aliphatic rings. The van der Waals surface area contributed by atoms with Crippen molar-refractivity contribution in [3.05, 3.63) is 42.4 Å². The molecule has 1 saturated carbocycles. The van der Waals surface area contributed by atoms with Gasteiger partial charge < -0.3 is 25.2 Å². The Hall–Kier alpha value is -3.50. The third-order valence-corrected chi connectivity index (χ3v) is 6.83. The number of hydrogen-bond donors (Lipinski definition) is 3. The van der Waals surface area contributed by atoms with Crippen LogP contribution in [0.2, 0.25) is 0 Å². The highest BCUT2D eigenvalue weighted by atomic mass is 16.3. The molecule has 10 heteroatoms. The fourth-order valence-electron chi connectivity index (χ4n) is 4.74. The maximum absolute atomic E-state index is 12.9. The van der Waals surface area contributed by atoms with Gasteiger partial charge in [0.25, 0.3) is 5.91 Å². The summed E-state index contributed by atoms with van der Waals surface area (Å²) in [6.07, 6.45) is 6.46. The first kappa shape index (κ1) is 20.1. The molecule has 0 bridgehead atoms. The Balaban J connectivity index is 1.46. The SMILES string of the molecule is CNc1cc(-c2cn(C3CN(C)C3)c3ncccc23)nc2c(C(=O)N[C@@H]3CC[C@@H]3O)cnn12. The van der Waals surface area contributed by atoms with Gasteiger partial charge in [-0.15, -0.1) is 0 Å². The van der Waals surface area contributed by atoms with E-state index in [1.54, 1.807) is 4.52 Å². The lowest BCUT2D eigenvalue weighted by atomic mass is 9.89. The number of fused-ring (bicyclic) bond motifs is 2. The summed E-state index contributed by atoms with van der Waals surface area (Å²) in [6, 6.07) is 6.09. The number of nitrogens with zero attached hydrogens (tertiary/aromatic N) is 6. The summed E-state index contributed by atoms with van der Waals surface area (Å²) in [5.41, 5.74) is 3.50. The molecule has 1 amide bonds. The summed E-state index contributed by atoms with van der Waals surface area (Å²) in [5.74, 6) is 0.452. The second kappa shape index (κ2) is 7.53. The van der Waals surface area contributed by atoms with E-state index in [1.807, 2.05) is 25.4 Å². The minimum Gasteiger partial charge on any atom is -0.391 e. The first-order valence-corrected chi connectivity index (χ1v) is 11.2. The largest absolute Gasteiger partial charge is 0.391 e. The summed E-state index contributed by atoms with van der Waals surface area (Å²) in [5, 5.41) is 21.3. The van der Waals surface area contributed by atoms with Gasteiger partial charge in [0, 0.05) is 49.5 Å². The van der Waals surface area contributed by atoms with Gasteiger partial charge in [-0.1, -0.05) is 0 Å². The van der Waals surface area contributed by atoms with Crippen molar-refractivity contribution in [2.24, 2.45) is 0 Å². The molecule has 1 aliphatic heterocycles. The first-order chi connectivity index (χ1) is 16.0. The van der Waals surface area contributed by atoms with E-state index >= 15 is 0 Å². The monoisotopic (exact) mass is 446 g/mol. The second-order valence-electron chi connectivity index (χ2n) is 8.99. The Bertz CT molecular complexity index is 1370. The van der Waals surface area contributed by atoms with E-state index in [0.29, 0.717) is 23.7 Å². The second-order valence-corrected chi connectivity index (χ2v) is 8.99. The van der Waals surface area contributed by atoms with Crippen LogP contribution in [0.1, 0.15) is 29.2 Å². The van der Waals surface area contributed by atoms with E-state index in [-0.39, 0.29) is 11.9 Å². The van der Waals surface area contributed by atoms with Gasteiger partial charge in [-0.05, 0) is 32.0 Å². The Kier molecular flexibility index (Phi) is 4.59. The first-order valence-electron chi connectivity index (χ1n) is 11.2. The van der Waals surface area contributed by atoms with Crippen molar-refractivity contribution < 1.29 is 9.90 Å². The number of likely N-dealkylation sites (N-methyl/N-ethyl adjacent to an activating group) is 1. The number of hydrogen-bond acceptors (Lipinski definition) is 7. The van der Waals surface area contributed by atoms with Crippen LogP contribution in [-0.4, -0.2) is 79.4 Å². The molecule has 1 saturated heterocycles. The number of aromatic nitrogens is 5. The van der Waals surface area contributed by atoms with E-state index in [4.69, 9.17) is 4.98 Å². The van der Waals surface area contributed by atoms with Crippen LogP contribution in [0.5, 0.6) is 0 Å². The highest BCUT2D eigenvalue weighted by Crippen LogP contribution is 2.34. The lowest BCUT2D eigenvalue weighted by Gasteiger charge is -2.37. The van der Waals surface area contributed by atoms with Crippen LogP contribution in [-0.2, 0) is 0 Å². The number of amides is 1. The number of carbonyl (C=O) groups is 1. The highest BCUT2D eigenvalue weighted by molar-refractivity contribution is 6.01. The summed E-state index contributed by atoms with van der Waals surface area (Å²) >= 11 is 0. The van der Waals surface area contributed by atoms with E-state index < -0.39 is 6.10 Å². The molecule has 33 heavy (non-hydrogen) atoms. The molecule has 0 unspecified atom stereocenters. The molecule has 6 rings (SSSR count). The molecule has 10 nitrogen and oxygen atoms in total. The topological polar surface area (TPSA) is 113 Å². The van der Waals surface area contributed by atoms with Crippen molar-refractivity contribution in [3.63, 3.8) is 0 Å². The fraction of sp³-hybridized carbons (Fsp3) is 0.391. The van der Waals surface area contributed by atoms with Crippen LogP contribution >= 0.6 is 0 Å². The van der Waals surface area contributed by atoms with Crippen LogP contribution in [0.3, 0.4) is 0 Å². The minimum absolute atomic E-state index is 0.218. The molecule has 0 aromatic carbocycles. The standard InChI is InChI=1S/C23H26N8O2/c1-24-20-8-18(16-12-30(13-10-29(2)11-13)21-14(16)4-3-7-25-21)27-22-15(9-26-31(20)22)23(33)28-17-5-6-19(17)32/h3-4,7-9,12-13,17,19,24,32H,5-6,10-11H2,1-2H3,(H,28,33)/t17-,19+/m1/s1. The summed E-state index contributed by atoms with van der Waals surface area (Å²) < 4.78 is 3.87. The zero-order valence-corrected chi connectivity index (χ0v) is 18.6. The van der Waals surface area contributed by atoms with Gasteiger partial charge in [0.1, 0.15) is 17.0 Å². The molecule has 0 radical (unpaired) electrons. The molecule has 1 aliphatic carbocycles. The number of pyridine rings is 1. The van der Waals surface area contributed by atoms with E-state index in [1.165, 1.54) is 6.20 Å². The fourth-order valence-corrected chi connectivity index (χ4v) is 4.74. The van der Waals surface area contributed by atoms with Gasteiger partial charge in [0.05, 0.1) is 30.1 Å². The Morgan fingerprint density at radius 2 is 2.09 bits per heavy atom. The Morgan fingerprint density at radius 3 is 2.79 bits per heavy atom. The quantitative estimate of drug-likeness (QED) is 0.426. The lowest BCUT2D eigenvalue weighted by Crippen LogP contribution is -2.50. The van der Waals surface area contributed by atoms with Crippen molar-refractivity contribution in [1.29, 1.82) is 0 Å². The van der Waals surface area contributed by atoms with Gasteiger partial charge in [-0.3, -0.25) is 4.79 Å². The molecule has 4 aromatic heterocycles. The van der Waals surface area contributed by atoms with Gasteiger partial charge in [-0.2, -0.15) is 9.61 Å². The Labute approximate surface area is 190 Å². The highest BCUT2D eigenvalue weighted by Gasteiger charge is 2.32. The maximum atomic E-state index is 12.9. The van der Waals surface area contributed by atoms with Crippen LogP contribution in [0.25, 0.3) is 27.9 Å². The minimum atomic E-state index is -0.489. The molecule has 2 fully saturated rings. The third-order valence-electron chi connectivity index (χ3n) is 6.83. The molecule has 170 valence electrons. The van der Waals surface area contributed by atoms with Crippen LogP contribution in [0.15, 0.2) is 36.8 Å². The molecular weight excluding hydrogens is 420 g/mol. The van der Waals surface area contributed by atoms with Crippen LogP contribution in [0, 0.1) is 0 Å². The van der Waals surface area contributed by atoms with Gasteiger partial charge >= 0.3 is 0 Å². The van der Waals surface area contributed by atoms with Crippen LogP contribution in [0.4, 0.5) is 5.82 Å².